The zero-order valence-electron chi connectivity index (χ0n) is 10.3. The number of hydrogen-bond acceptors (Lipinski definition) is 4. The second-order valence-electron chi connectivity index (χ2n) is 4.38. The van der Waals surface area contributed by atoms with E-state index >= 15 is 0 Å². The van der Waals surface area contributed by atoms with E-state index in [1.807, 2.05) is 0 Å². The van der Waals surface area contributed by atoms with Crippen molar-refractivity contribution < 1.29 is 14.3 Å². The summed E-state index contributed by atoms with van der Waals surface area (Å²) in [6.07, 6.45) is 0.489. The van der Waals surface area contributed by atoms with Crippen molar-refractivity contribution in [3.05, 3.63) is 21.6 Å². The van der Waals surface area contributed by atoms with E-state index in [-0.39, 0.29) is 12.5 Å². The van der Waals surface area contributed by atoms with Gasteiger partial charge in [-0.3, -0.25) is 4.79 Å². The van der Waals surface area contributed by atoms with Crippen LogP contribution in [0, 0.1) is 0 Å². The number of amides is 1. The van der Waals surface area contributed by atoms with Gasteiger partial charge in [0.05, 0.1) is 23.9 Å². The number of rotatable bonds is 3. The molecule has 1 fully saturated rings. The highest BCUT2D eigenvalue weighted by Crippen LogP contribution is 2.36. The number of carbonyl (C=O) groups excluding carboxylic acids is 1. The standard InChI is InChI=1S/C12H14BrClN2O3/c1-18-10-8(13)4-7(14)5-9(10)16-11(17)12(15)2-3-19-6-12/h4-5H,2-3,6,15H2,1H3,(H,16,17). The minimum absolute atomic E-state index is 0.211. The first-order valence-electron chi connectivity index (χ1n) is 5.67. The van der Waals surface area contributed by atoms with Crippen LogP contribution in [-0.2, 0) is 9.53 Å². The first-order chi connectivity index (χ1) is 8.96. The number of benzene rings is 1. The van der Waals surface area contributed by atoms with Crippen LogP contribution in [0.5, 0.6) is 5.75 Å². The number of nitrogens with one attached hydrogen (secondary N) is 1. The van der Waals surface area contributed by atoms with Crippen LogP contribution in [0.3, 0.4) is 0 Å². The fraction of sp³-hybridized carbons (Fsp3) is 0.417. The molecule has 1 aliphatic heterocycles. The van der Waals surface area contributed by atoms with Crippen LogP contribution < -0.4 is 15.8 Å². The van der Waals surface area contributed by atoms with E-state index in [1.54, 1.807) is 12.1 Å². The third-order valence-electron chi connectivity index (χ3n) is 2.97. The third-order valence-corrected chi connectivity index (χ3v) is 3.77. The predicted molar refractivity (Wildman–Crippen MR) is 76.7 cm³/mol. The van der Waals surface area contributed by atoms with Gasteiger partial charge in [0.2, 0.25) is 5.91 Å². The highest BCUT2D eigenvalue weighted by atomic mass is 79.9. The minimum atomic E-state index is -1.00. The summed E-state index contributed by atoms with van der Waals surface area (Å²) in [7, 11) is 1.51. The average Bonchev–Trinajstić information content (AvgIpc) is 2.77. The number of anilines is 1. The zero-order chi connectivity index (χ0) is 14.0. The molecule has 1 unspecified atom stereocenters. The van der Waals surface area contributed by atoms with E-state index in [4.69, 9.17) is 26.8 Å². The van der Waals surface area contributed by atoms with Crippen LogP contribution in [0.25, 0.3) is 0 Å². The maximum atomic E-state index is 12.2. The van der Waals surface area contributed by atoms with Crippen molar-refractivity contribution in [2.45, 2.75) is 12.0 Å². The topological polar surface area (TPSA) is 73.6 Å². The molecule has 5 nitrogen and oxygen atoms in total. The van der Waals surface area contributed by atoms with Crippen LogP contribution in [0.15, 0.2) is 16.6 Å². The molecule has 2 rings (SSSR count). The van der Waals surface area contributed by atoms with Crippen molar-refractivity contribution in [3.8, 4) is 5.75 Å². The first-order valence-corrected chi connectivity index (χ1v) is 6.84. The summed E-state index contributed by atoms with van der Waals surface area (Å²) in [6.45, 7) is 0.698. The van der Waals surface area contributed by atoms with E-state index in [9.17, 15) is 4.79 Å². The maximum absolute atomic E-state index is 12.2. The molecule has 1 aromatic carbocycles. The molecule has 19 heavy (non-hydrogen) atoms. The second kappa shape index (κ2) is 5.66. The maximum Gasteiger partial charge on any atom is 0.247 e. The molecule has 1 amide bonds. The molecule has 1 aromatic rings. The van der Waals surface area contributed by atoms with E-state index in [1.165, 1.54) is 7.11 Å². The average molecular weight is 350 g/mol. The van der Waals surface area contributed by atoms with Crippen molar-refractivity contribution in [1.29, 1.82) is 0 Å². The van der Waals surface area contributed by atoms with Crippen molar-refractivity contribution in [1.82, 2.24) is 0 Å². The molecular formula is C12H14BrClN2O3. The largest absolute Gasteiger partial charge is 0.493 e. The summed E-state index contributed by atoms with van der Waals surface area (Å²) in [5.41, 5.74) is 5.47. The fourth-order valence-corrected chi connectivity index (χ4v) is 2.84. The lowest BCUT2D eigenvalue weighted by Crippen LogP contribution is -2.51. The van der Waals surface area contributed by atoms with E-state index in [0.717, 1.165) is 0 Å². The van der Waals surface area contributed by atoms with Crippen LogP contribution in [0.1, 0.15) is 6.42 Å². The molecule has 0 aliphatic carbocycles. The van der Waals surface area contributed by atoms with Crippen LogP contribution >= 0.6 is 27.5 Å². The van der Waals surface area contributed by atoms with Gasteiger partial charge in [-0.25, -0.2) is 0 Å². The number of ether oxygens (including phenoxy) is 2. The van der Waals surface area contributed by atoms with Crippen LogP contribution in [0.2, 0.25) is 5.02 Å². The molecular weight excluding hydrogens is 336 g/mol. The molecule has 1 atom stereocenters. The Hall–Kier alpha value is -0.820. The van der Waals surface area contributed by atoms with Crippen molar-refractivity contribution >= 4 is 39.1 Å². The van der Waals surface area contributed by atoms with Crippen molar-refractivity contribution in [2.24, 2.45) is 5.73 Å². The number of halogens is 2. The van der Waals surface area contributed by atoms with Crippen molar-refractivity contribution in [2.75, 3.05) is 25.6 Å². The highest BCUT2D eigenvalue weighted by molar-refractivity contribution is 9.10. The number of methoxy groups -OCH3 is 1. The Bertz CT molecular complexity index is 504. The molecule has 1 aliphatic rings. The van der Waals surface area contributed by atoms with Gasteiger partial charge in [0.25, 0.3) is 0 Å². The Balaban J connectivity index is 2.25. The Labute approximate surface area is 124 Å². The summed E-state index contributed by atoms with van der Waals surface area (Å²) in [4.78, 5) is 12.2. The van der Waals surface area contributed by atoms with Gasteiger partial charge in [0, 0.05) is 11.6 Å². The lowest BCUT2D eigenvalue weighted by atomic mass is 9.99. The lowest BCUT2D eigenvalue weighted by molar-refractivity contribution is -0.121. The molecule has 1 saturated heterocycles. The molecule has 0 bridgehead atoms. The summed E-state index contributed by atoms with van der Waals surface area (Å²) in [5, 5.41) is 3.23. The van der Waals surface area contributed by atoms with E-state index in [2.05, 4.69) is 21.2 Å². The molecule has 0 aromatic heterocycles. The van der Waals surface area contributed by atoms with E-state index in [0.29, 0.717) is 34.0 Å². The third kappa shape index (κ3) is 3.02. The molecule has 7 heteroatoms. The highest BCUT2D eigenvalue weighted by Gasteiger charge is 2.38. The molecule has 0 spiro atoms. The Morgan fingerprint density at radius 2 is 2.37 bits per heavy atom. The van der Waals surface area contributed by atoms with Crippen LogP contribution in [0.4, 0.5) is 5.69 Å². The quantitative estimate of drug-likeness (QED) is 0.877. The second-order valence-corrected chi connectivity index (χ2v) is 5.67. The number of carbonyl (C=O) groups is 1. The molecule has 1 heterocycles. The molecule has 0 saturated carbocycles. The lowest BCUT2D eigenvalue weighted by Gasteiger charge is -2.21. The van der Waals surface area contributed by atoms with Gasteiger partial charge in [-0.2, -0.15) is 0 Å². The Morgan fingerprint density at radius 1 is 1.63 bits per heavy atom. The van der Waals surface area contributed by atoms with Gasteiger partial charge >= 0.3 is 0 Å². The smallest absolute Gasteiger partial charge is 0.247 e. The van der Waals surface area contributed by atoms with Gasteiger partial charge < -0.3 is 20.5 Å². The van der Waals surface area contributed by atoms with Gasteiger partial charge in [-0.05, 0) is 34.5 Å². The zero-order valence-corrected chi connectivity index (χ0v) is 12.7. The Morgan fingerprint density at radius 3 is 2.95 bits per heavy atom. The minimum Gasteiger partial charge on any atom is -0.493 e. The monoisotopic (exact) mass is 348 g/mol. The first kappa shape index (κ1) is 14.6. The van der Waals surface area contributed by atoms with Crippen molar-refractivity contribution in [3.63, 3.8) is 0 Å². The van der Waals surface area contributed by atoms with Gasteiger partial charge in [-0.15, -0.1) is 0 Å². The SMILES string of the molecule is COc1c(Br)cc(Cl)cc1NC(=O)C1(N)CCOC1. The summed E-state index contributed by atoms with van der Waals surface area (Å²) < 4.78 is 11.1. The molecule has 104 valence electrons. The Kier molecular flexibility index (Phi) is 4.35. The van der Waals surface area contributed by atoms with Gasteiger partial charge in [-0.1, -0.05) is 11.6 Å². The summed E-state index contributed by atoms with van der Waals surface area (Å²) in [5.74, 6) is 0.192. The van der Waals surface area contributed by atoms with Crippen LogP contribution in [-0.4, -0.2) is 31.8 Å². The molecule has 0 radical (unpaired) electrons. The van der Waals surface area contributed by atoms with E-state index < -0.39 is 5.54 Å². The molecule has 3 N–H and O–H groups in total. The normalized spacial score (nSPS) is 22.3. The number of nitrogens with two attached hydrogens (primary N) is 1. The van der Waals surface area contributed by atoms with Gasteiger partial charge in [0.1, 0.15) is 5.54 Å². The summed E-state index contributed by atoms with van der Waals surface area (Å²) >= 11 is 9.29. The predicted octanol–water partition coefficient (Wildman–Crippen LogP) is 2.17. The summed E-state index contributed by atoms with van der Waals surface area (Å²) in [6, 6.07) is 3.30. The number of hydrogen-bond donors (Lipinski definition) is 2. The fourth-order valence-electron chi connectivity index (χ4n) is 1.87. The van der Waals surface area contributed by atoms with Gasteiger partial charge in [0.15, 0.2) is 5.75 Å².